The predicted octanol–water partition coefficient (Wildman–Crippen LogP) is 4.86. The molecule has 2 aromatic carbocycles. The number of hydrogen-bond acceptors (Lipinski definition) is 4. The van der Waals surface area contributed by atoms with Crippen LogP contribution in [0.5, 0.6) is 0 Å². The largest absolute Gasteiger partial charge is 0.241 e. The maximum Gasteiger partial charge on any atom is 0.159 e. The van der Waals surface area contributed by atoms with Crippen LogP contribution in [0.2, 0.25) is 0 Å². The number of nitrogens with zero attached hydrogens (tertiary/aromatic N) is 3. The molecule has 0 bridgehead atoms. The first-order chi connectivity index (χ1) is 11.9. The summed E-state index contributed by atoms with van der Waals surface area (Å²) in [5.41, 5.74) is 4.18. The molecule has 116 valence electrons. The lowest BCUT2D eigenvalue weighted by Crippen LogP contribution is -1.90. The Balaban J connectivity index is 1.54. The molecule has 3 nitrogen and oxygen atoms in total. The second kappa shape index (κ2) is 6.72. The van der Waals surface area contributed by atoms with Crippen molar-refractivity contribution in [2.24, 2.45) is 0 Å². The molecule has 0 fully saturated rings. The Morgan fingerprint density at radius 2 is 1.42 bits per heavy atom. The Morgan fingerprint density at radius 3 is 2.12 bits per heavy atom. The van der Waals surface area contributed by atoms with E-state index in [2.05, 4.69) is 39.6 Å². The summed E-state index contributed by atoms with van der Waals surface area (Å²) in [7, 11) is 0. The summed E-state index contributed by atoms with van der Waals surface area (Å²) in [6, 6.07) is 20.4. The van der Waals surface area contributed by atoms with Crippen LogP contribution >= 0.6 is 11.3 Å². The van der Waals surface area contributed by atoms with E-state index in [9.17, 15) is 0 Å². The van der Waals surface area contributed by atoms with Crippen molar-refractivity contribution in [1.82, 2.24) is 15.0 Å². The fourth-order valence-electron chi connectivity index (χ4n) is 2.49. The van der Waals surface area contributed by atoms with E-state index in [0.717, 1.165) is 34.1 Å². The van der Waals surface area contributed by atoms with E-state index in [0.29, 0.717) is 0 Å². The molecule has 4 aromatic rings. The lowest BCUT2D eigenvalue weighted by molar-refractivity contribution is 1.13. The smallest absolute Gasteiger partial charge is 0.159 e. The number of rotatable bonds is 4. The average molecular weight is 329 g/mol. The van der Waals surface area contributed by atoms with E-state index in [-0.39, 0.29) is 0 Å². The Hall–Kier alpha value is -2.85. The van der Waals surface area contributed by atoms with E-state index in [4.69, 9.17) is 4.98 Å². The van der Waals surface area contributed by atoms with Crippen LogP contribution < -0.4 is 0 Å². The monoisotopic (exact) mass is 329 g/mol. The van der Waals surface area contributed by atoms with E-state index >= 15 is 0 Å². The molecular formula is C20H15N3S. The number of aromatic nitrogens is 3. The van der Waals surface area contributed by atoms with Gasteiger partial charge in [-0.3, -0.25) is 0 Å². The lowest BCUT2D eigenvalue weighted by atomic mass is 10.2. The molecule has 0 aliphatic carbocycles. The molecule has 0 amide bonds. The van der Waals surface area contributed by atoms with Crippen molar-refractivity contribution in [3.8, 4) is 22.6 Å². The second-order valence-corrected chi connectivity index (χ2v) is 6.39. The van der Waals surface area contributed by atoms with Crippen molar-refractivity contribution in [2.75, 3.05) is 0 Å². The lowest BCUT2D eigenvalue weighted by Gasteiger charge is -2.01. The zero-order chi connectivity index (χ0) is 16.2. The zero-order valence-electron chi connectivity index (χ0n) is 13.0. The van der Waals surface area contributed by atoms with E-state index in [1.165, 1.54) is 5.56 Å². The first-order valence-electron chi connectivity index (χ1n) is 7.75. The maximum absolute atomic E-state index is 4.72. The van der Waals surface area contributed by atoms with Crippen LogP contribution in [0.1, 0.15) is 10.6 Å². The molecule has 0 N–H and O–H groups in total. The third-order valence-corrected chi connectivity index (χ3v) is 4.58. The van der Waals surface area contributed by atoms with Gasteiger partial charge in [-0.05, 0) is 5.56 Å². The summed E-state index contributed by atoms with van der Waals surface area (Å²) in [4.78, 5) is 13.7. The predicted molar refractivity (Wildman–Crippen MR) is 97.8 cm³/mol. The summed E-state index contributed by atoms with van der Waals surface area (Å²) in [6.07, 6.45) is 4.54. The first-order valence-corrected chi connectivity index (χ1v) is 8.62. The quantitative estimate of drug-likeness (QED) is 0.537. The van der Waals surface area contributed by atoms with Gasteiger partial charge in [-0.2, -0.15) is 0 Å². The molecule has 0 radical (unpaired) electrons. The van der Waals surface area contributed by atoms with Crippen molar-refractivity contribution < 1.29 is 0 Å². The summed E-state index contributed by atoms with van der Waals surface area (Å²) in [6.45, 7) is 0. The molecule has 2 heterocycles. The molecule has 2 aromatic heterocycles. The second-order valence-electron chi connectivity index (χ2n) is 5.45. The molecule has 24 heavy (non-hydrogen) atoms. The third-order valence-electron chi connectivity index (χ3n) is 3.73. The zero-order valence-corrected chi connectivity index (χ0v) is 13.8. The first kappa shape index (κ1) is 14.7. The highest BCUT2D eigenvalue weighted by Gasteiger charge is 2.07. The molecule has 0 saturated carbocycles. The average Bonchev–Trinajstić information content (AvgIpc) is 3.12. The Bertz CT molecular complexity index is 916. The molecule has 0 aliphatic heterocycles. The highest BCUT2D eigenvalue weighted by atomic mass is 32.1. The van der Waals surface area contributed by atoms with Crippen molar-refractivity contribution in [3.05, 3.63) is 89.0 Å². The normalized spacial score (nSPS) is 10.7. The van der Waals surface area contributed by atoms with Crippen LogP contribution in [0, 0.1) is 0 Å². The molecule has 4 heteroatoms. The number of benzene rings is 2. The number of thiazole rings is 1. The van der Waals surface area contributed by atoms with Gasteiger partial charge in [0.1, 0.15) is 0 Å². The van der Waals surface area contributed by atoms with Gasteiger partial charge < -0.3 is 0 Å². The van der Waals surface area contributed by atoms with Crippen LogP contribution in [0.4, 0.5) is 0 Å². The van der Waals surface area contributed by atoms with Crippen LogP contribution in [0.3, 0.4) is 0 Å². The standard InChI is InChI=1S/C20H15N3S/c1-3-7-15(8-4-1)11-19-23-18(14-24-19)17-12-21-20(22-13-17)16-9-5-2-6-10-16/h1-10,12-14H,11H2. The minimum Gasteiger partial charge on any atom is -0.241 e. The molecule has 0 unspecified atom stereocenters. The van der Waals surface area contributed by atoms with Gasteiger partial charge in [0.05, 0.1) is 10.7 Å². The minimum atomic E-state index is 0.735. The van der Waals surface area contributed by atoms with Gasteiger partial charge in [-0.1, -0.05) is 60.7 Å². The van der Waals surface area contributed by atoms with Crippen LogP contribution in [-0.2, 0) is 6.42 Å². The van der Waals surface area contributed by atoms with Gasteiger partial charge in [0.2, 0.25) is 0 Å². The molecular weight excluding hydrogens is 314 g/mol. The van der Waals surface area contributed by atoms with E-state index in [1.807, 2.05) is 48.8 Å². The van der Waals surface area contributed by atoms with Gasteiger partial charge in [-0.25, -0.2) is 15.0 Å². The van der Waals surface area contributed by atoms with Crippen molar-refractivity contribution >= 4 is 11.3 Å². The molecule has 0 atom stereocenters. The van der Waals surface area contributed by atoms with Gasteiger partial charge in [0, 0.05) is 35.3 Å². The van der Waals surface area contributed by atoms with E-state index < -0.39 is 0 Å². The van der Waals surface area contributed by atoms with Gasteiger partial charge >= 0.3 is 0 Å². The summed E-state index contributed by atoms with van der Waals surface area (Å²) in [5, 5.41) is 3.17. The Labute approximate surface area is 144 Å². The fourth-order valence-corrected chi connectivity index (χ4v) is 3.33. The molecule has 0 aliphatic rings. The minimum absolute atomic E-state index is 0.735. The maximum atomic E-state index is 4.72. The van der Waals surface area contributed by atoms with Gasteiger partial charge in [0.25, 0.3) is 0 Å². The number of hydrogen-bond donors (Lipinski definition) is 0. The van der Waals surface area contributed by atoms with Crippen molar-refractivity contribution in [3.63, 3.8) is 0 Å². The summed E-state index contributed by atoms with van der Waals surface area (Å²) in [5.74, 6) is 0.735. The molecule has 0 saturated heterocycles. The molecule has 4 rings (SSSR count). The highest BCUT2D eigenvalue weighted by Crippen LogP contribution is 2.23. The highest BCUT2D eigenvalue weighted by molar-refractivity contribution is 7.10. The third kappa shape index (κ3) is 3.24. The van der Waals surface area contributed by atoms with Crippen LogP contribution in [-0.4, -0.2) is 15.0 Å². The SMILES string of the molecule is c1ccc(Cc2nc(-c3cnc(-c4ccccc4)nc3)cs2)cc1. The molecule has 0 spiro atoms. The summed E-state index contributed by atoms with van der Waals surface area (Å²) < 4.78 is 0. The van der Waals surface area contributed by atoms with Gasteiger partial charge in [0.15, 0.2) is 5.82 Å². The Morgan fingerprint density at radius 1 is 0.750 bits per heavy atom. The summed E-state index contributed by atoms with van der Waals surface area (Å²) >= 11 is 1.67. The topological polar surface area (TPSA) is 38.7 Å². The van der Waals surface area contributed by atoms with Crippen LogP contribution in [0.25, 0.3) is 22.6 Å². The van der Waals surface area contributed by atoms with Crippen molar-refractivity contribution in [2.45, 2.75) is 6.42 Å². The fraction of sp³-hybridized carbons (Fsp3) is 0.0500. The van der Waals surface area contributed by atoms with Crippen molar-refractivity contribution in [1.29, 1.82) is 0 Å². The van der Waals surface area contributed by atoms with Crippen LogP contribution in [0.15, 0.2) is 78.4 Å². The van der Waals surface area contributed by atoms with Gasteiger partial charge in [-0.15, -0.1) is 11.3 Å². The Kier molecular flexibility index (Phi) is 4.13. The van der Waals surface area contributed by atoms with E-state index in [1.54, 1.807) is 11.3 Å².